The molecule has 1 atom stereocenters. The van der Waals surface area contributed by atoms with Gasteiger partial charge in [0.25, 0.3) is 0 Å². The van der Waals surface area contributed by atoms with Crippen molar-refractivity contribution in [2.24, 2.45) is 13.0 Å². The van der Waals surface area contributed by atoms with Crippen LogP contribution in [0, 0.1) is 5.92 Å². The quantitative estimate of drug-likeness (QED) is 0.846. The lowest BCUT2D eigenvalue weighted by atomic mass is 9.95. The normalized spacial score (nSPS) is 25.1. The van der Waals surface area contributed by atoms with Crippen LogP contribution in [-0.2, 0) is 26.4 Å². The van der Waals surface area contributed by atoms with Crippen molar-refractivity contribution in [3.05, 3.63) is 17.2 Å². The number of piperidine rings is 1. The molecule has 100 valence electrons. The molecule has 1 saturated heterocycles. The summed E-state index contributed by atoms with van der Waals surface area (Å²) in [4.78, 5) is 7.31. The largest absolute Gasteiger partial charge is 0.335 e. The molecule has 2 aliphatic rings. The summed E-state index contributed by atoms with van der Waals surface area (Å²) in [5.41, 5.74) is 2.73. The molecule has 3 heterocycles. The maximum absolute atomic E-state index is 4.85. The van der Waals surface area contributed by atoms with Gasteiger partial charge in [0.1, 0.15) is 5.82 Å². The molecule has 4 heteroatoms. The van der Waals surface area contributed by atoms with Crippen LogP contribution in [0.5, 0.6) is 0 Å². The molecule has 0 aromatic carbocycles. The SMILES string of the molecule is CN1CCCC(Cc2nc3c(n2C)CCNC3)C1. The Morgan fingerprint density at radius 3 is 3.06 bits per heavy atom. The van der Waals surface area contributed by atoms with Gasteiger partial charge in [0.2, 0.25) is 0 Å². The van der Waals surface area contributed by atoms with Gasteiger partial charge >= 0.3 is 0 Å². The fourth-order valence-electron chi connectivity index (χ4n) is 3.39. The Morgan fingerprint density at radius 2 is 2.28 bits per heavy atom. The number of likely N-dealkylation sites (tertiary alicyclic amines) is 1. The van der Waals surface area contributed by atoms with Crippen LogP contribution in [0.2, 0.25) is 0 Å². The van der Waals surface area contributed by atoms with Crippen LogP contribution >= 0.6 is 0 Å². The lowest BCUT2D eigenvalue weighted by Gasteiger charge is -2.29. The summed E-state index contributed by atoms with van der Waals surface area (Å²) in [7, 11) is 4.43. The Hall–Kier alpha value is -0.870. The van der Waals surface area contributed by atoms with Gasteiger partial charge in [0.05, 0.1) is 5.69 Å². The summed E-state index contributed by atoms with van der Waals surface area (Å²) in [6.07, 6.45) is 4.98. The number of imidazole rings is 1. The molecule has 1 N–H and O–H groups in total. The van der Waals surface area contributed by atoms with Crippen molar-refractivity contribution in [1.82, 2.24) is 19.8 Å². The van der Waals surface area contributed by atoms with Crippen LogP contribution in [0.4, 0.5) is 0 Å². The number of nitrogens with one attached hydrogen (secondary N) is 1. The smallest absolute Gasteiger partial charge is 0.109 e. The van der Waals surface area contributed by atoms with Crippen LogP contribution in [0.1, 0.15) is 30.1 Å². The Morgan fingerprint density at radius 1 is 1.39 bits per heavy atom. The Kier molecular flexibility index (Phi) is 3.39. The molecule has 0 spiro atoms. The van der Waals surface area contributed by atoms with Crippen molar-refractivity contribution in [2.75, 3.05) is 26.7 Å². The highest BCUT2D eigenvalue weighted by Gasteiger charge is 2.22. The molecule has 0 aliphatic carbocycles. The van der Waals surface area contributed by atoms with Gasteiger partial charge in [-0.3, -0.25) is 0 Å². The van der Waals surface area contributed by atoms with Gasteiger partial charge in [0.15, 0.2) is 0 Å². The fourth-order valence-corrected chi connectivity index (χ4v) is 3.39. The first-order valence-electron chi connectivity index (χ1n) is 7.16. The van der Waals surface area contributed by atoms with Crippen molar-refractivity contribution < 1.29 is 0 Å². The lowest BCUT2D eigenvalue weighted by Crippen LogP contribution is -2.33. The van der Waals surface area contributed by atoms with Crippen molar-refractivity contribution in [1.29, 1.82) is 0 Å². The molecule has 1 unspecified atom stereocenters. The molecule has 1 aromatic heterocycles. The highest BCUT2D eigenvalue weighted by Crippen LogP contribution is 2.22. The summed E-state index contributed by atoms with van der Waals surface area (Å²) in [6, 6.07) is 0. The summed E-state index contributed by atoms with van der Waals surface area (Å²) >= 11 is 0. The van der Waals surface area contributed by atoms with Gasteiger partial charge in [-0.1, -0.05) is 0 Å². The predicted octanol–water partition coefficient (Wildman–Crippen LogP) is 0.950. The number of hydrogen-bond donors (Lipinski definition) is 1. The Labute approximate surface area is 109 Å². The first-order chi connectivity index (χ1) is 8.74. The second-order valence-electron chi connectivity index (χ2n) is 5.88. The van der Waals surface area contributed by atoms with Crippen molar-refractivity contribution >= 4 is 0 Å². The van der Waals surface area contributed by atoms with Crippen molar-refractivity contribution in [2.45, 2.75) is 32.2 Å². The van der Waals surface area contributed by atoms with Crippen LogP contribution in [-0.4, -0.2) is 41.1 Å². The second kappa shape index (κ2) is 5.02. The van der Waals surface area contributed by atoms with Crippen LogP contribution in [0.3, 0.4) is 0 Å². The van der Waals surface area contributed by atoms with Gasteiger partial charge < -0.3 is 14.8 Å². The second-order valence-corrected chi connectivity index (χ2v) is 5.88. The predicted molar refractivity (Wildman–Crippen MR) is 72.5 cm³/mol. The minimum Gasteiger partial charge on any atom is -0.335 e. The van der Waals surface area contributed by atoms with E-state index in [4.69, 9.17) is 4.98 Å². The van der Waals surface area contributed by atoms with Crippen molar-refractivity contribution in [3.8, 4) is 0 Å². The van der Waals surface area contributed by atoms with Crippen molar-refractivity contribution in [3.63, 3.8) is 0 Å². The van der Waals surface area contributed by atoms with Crippen LogP contribution in [0.25, 0.3) is 0 Å². The van der Waals surface area contributed by atoms with Gasteiger partial charge in [-0.05, 0) is 32.4 Å². The highest BCUT2D eigenvalue weighted by molar-refractivity contribution is 5.20. The maximum atomic E-state index is 4.85. The molecular formula is C14H24N4. The Balaban J connectivity index is 1.74. The molecule has 2 aliphatic heterocycles. The van der Waals surface area contributed by atoms with E-state index in [-0.39, 0.29) is 0 Å². The molecular weight excluding hydrogens is 224 g/mol. The molecule has 1 fully saturated rings. The molecule has 0 saturated carbocycles. The number of hydrogen-bond acceptors (Lipinski definition) is 3. The third-order valence-electron chi connectivity index (χ3n) is 4.41. The zero-order valence-corrected chi connectivity index (χ0v) is 11.6. The highest BCUT2D eigenvalue weighted by atomic mass is 15.1. The topological polar surface area (TPSA) is 33.1 Å². The zero-order chi connectivity index (χ0) is 12.5. The number of rotatable bonds is 2. The molecule has 0 bridgehead atoms. The number of aromatic nitrogens is 2. The van der Waals surface area contributed by atoms with E-state index >= 15 is 0 Å². The first-order valence-corrected chi connectivity index (χ1v) is 7.16. The van der Waals surface area contributed by atoms with E-state index in [2.05, 4.69) is 28.9 Å². The average Bonchev–Trinajstić information content (AvgIpc) is 2.67. The van der Waals surface area contributed by atoms with Gasteiger partial charge in [-0.25, -0.2) is 4.98 Å². The fraction of sp³-hybridized carbons (Fsp3) is 0.786. The standard InChI is InChI=1S/C14H24N4/c1-17-7-3-4-11(10-17)8-14-16-12-9-15-6-5-13(12)18(14)2/h11,15H,3-10H2,1-2H3. The summed E-state index contributed by atoms with van der Waals surface area (Å²) in [5, 5.41) is 3.41. The third-order valence-corrected chi connectivity index (χ3v) is 4.41. The number of nitrogens with zero attached hydrogens (tertiary/aromatic N) is 3. The summed E-state index contributed by atoms with van der Waals surface area (Å²) in [6.45, 7) is 4.54. The molecule has 3 rings (SSSR count). The van der Waals surface area contributed by atoms with E-state index in [0.717, 1.165) is 31.8 Å². The van der Waals surface area contributed by atoms with E-state index in [1.807, 2.05) is 0 Å². The zero-order valence-electron chi connectivity index (χ0n) is 11.6. The Bertz CT molecular complexity index is 424. The maximum Gasteiger partial charge on any atom is 0.109 e. The minimum atomic E-state index is 0.791. The van der Waals surface area contributed by atoms with Gasteiger partial charge in [0, 0.05) is 45.2 Å². The van der Waals surface area contributed by atoms with Crippen LogP contribution < -0.4 is 5.32 Å². The first kappa shape index (κ1) is 12.2. The molecule has 0 radical (unpaired) electrons. The average molecular weight is 248 g/mol. The molecule has 0 amide bonds. The number of fused-ring (bicyclic) bond motifs is 1. The van der Waals surface area contributed by atoms with Crippen LogP contribution in [0.15, 0.2) is 0 Å². The molecule has 4 nitrogen and oxygen atoms in total. The van der Waals surface area contributed by atoms with E-state index < -0.39 is 0 Å². The van der Waals surface area contributed by atoms with Gasteiger partial charge in [-0.2, -0.15) is 0 Å². The molecule has 18 heavy (non-hydrogen) atoms. The minimum absolute atomic E-state index is 0.791. The van der Waals surface area contributed by atoms with E-state index in [0.29, 0.717) is 0 Å². The van der Waals surface area contributed by atoms with E-state index in [1.54, 1.807) is 0 Å². The summed E-state index contributed by atoms with van der Waals surface area (Å²) < 4.78 is 2.35. The molecule has 1 aromatic rings. The lowest BCUT2D eigenvalue weighted by molar-refractivity contribution is 0.207. The third kappa shape index (κ3) is 2.31. The van der Waals surface area contributed by atoms with Gasteiger partial charge in [-0.15, -0.1) is 0 Å². The van der Waals surface area contributed by atoms with E-state index in [1.165, 1.54) is 43.1 Å². The monoisotopic (exact) mass is 248 g/mol. The van der Waals surface area contributed by atoms with E-state index in [9.17, 15) is 0 Å². The summed E-state index contributed by atoms with van der Waals surface area (Å²) in [5.74, 6) is 2.09.